The zero-order valence-electron chi connectivity index (χ0n) is 12.3. The van der Waals surface area contributed by atoms with Crippen molar-refractivity contribution in [2.24, 2.45) is 0 Å². The molecule has 0 bridgehead atoms. The molecule has 0 radical (unpaired) electrons. The van der Waals surface area contributed by atoms with E-state index in [9.17, 15) is 4.79 Å². The molecule has 2 aromatic heterocycles. The highest BCUT2D eigenvalue weighted by Gasteiger charge is 2.11. The molecule has 0 N–H and O–H groups in total. The summed E-state index contributed by atoms with van der Waals surface area (Å²) in [5, 5.41) is 8.89. The van der Waals surface area contributed by atoms with Crippen LogP contribution in [-0.4, -0.2) is 32.1 Å². The van der Waals surface area contributed by atoms with Gasteiger partial charge in [-0.05, 0) is 17.7 Å². The molecule has 0 unspecified atom stereocenters. The van der Waals surface area contributed by atoms with E-state index in [1.54, 1.807) is 21.8 Å². The van der Waals surface area contributed by atoms with Gasteiger partial charge in [0.1, 0.15) is 6.61 Å². The second kappa shape index (κ2) is 7.11. The lowest BCUT2D eigenvalue weighted by atomic mass is 10.2. The highest BCUT2D eigenvalue weighted by Crippen LogP contribution is 2.16. The summed E-state index contributed by atoms with van der Waals surface area (Å²) < 4.78 is 8.57. The molecule has 0 saturated carbocycles. The lowest BCUT2D eigenvalue weighted by Crippen LogP contribution is -2.11. The van der Waals surface area contributed by atoms with Crippen molar-refractivity contribution in [3.63, 3.8) is 0 Å². The third kappa shape index (κ3) is 3.98. The van der Waals surface area contributed by atoms with Crippen LogP contribution in [0.2, 0.25) is 5.02 Å². The van der Waals surface area contributed by atoms with Gasteiger partial charge in [0.2, 0.25) is 0 Å². The maximum Gasteiger partial charge on any atom is 0.341 e. The van der Waals surface area contributed by atoms with Gasteiger partial charge in [0.05, 0.1) is 24.8 Å². The predicted octanol–water partition coefficient (Wildman–Crippen LogP) is 2.64. The highest BCUT2D eigenvalue weighted by molar-refractivity contribution is 6.31. The number of ether oxygens (including phenoxy) is 1. The maximum absolute atomic E-state index is 12.0. The summed E-state index contributed by atoms with van der Waals surface area (Å²) >= 11 is 6.12. The van der Waals surface area contributed by atoms with Gasteiger partial charge < -0.3 is 4.74 Å². The van der Waals surface area contributed by atoms with Gasteiger partial charge >= 0.3 is 5.97 Å². The molecule has 0 fully saturated rings. The number of rotatable bonds is 6. The van der Waals surface area contributed by atoms with Crippen molar-refractivity contribution in [1.82, 2.24) is 19.6 Å². The summed E-state index contributed by atoms with van der Waals surface area (Å²) in [6.07, 6.45) is 6.64. The van der Waals surface area contributed by atoms with Crippen LogP contribution in [0, 0.1) is 0 Å². The summed E-state index contributed by atoms with van der Waals surface area (Å²) in [7, 11) is 0. The number of esters is 1. The Kier molecular flexibility index (Phi) is 4.73. The van der Waals surface area contributed by atoms with E-state index in [1.165, 1.54) is 6.20 Å². The third-order valence-electron chi connectivity index (χ3n) is 3.27. The quantitative estimate of drug-likeness (QED) is 0.652. The molecule has 3 aromatic rings. The normalized spacial score (nSPS) is 10.7. The van der Waals surface area contributed by atoms with Crippen LogP contribution in [0.15, 0.2) is 55.1 Å². The fourth-order valence-corrected chi connectivity index (χ4v) is 2.30. The van der Waals surface area contributed by atoms with Crippen LogP contribution in [0.25, 0.3) is 0 Å². The van der Waals surface area contributed by atoms with Crippen molar-refractivity contribution in [3.05, 3.63) is 71.3 Å². The molecular weight excluding hydrogens is 316 g/mol. The topological polar surface area (TPSA) is 61.9 Å². The first kappa shape index (κ1) is 15.3. The minimum atomic E-state index is -0.400. The smallest absolute Gasteiger partial charge is 0.341 e. The van der Waals surface area contributed by atoms with Crippen LogP contribution < -0.4 is 0 Å². The number of aromatic nitrogens is 4. The summed E-state index contributed by atoms with van der Waals surface area (Å²) in [6.45, 7) is 1.28. The molecule has 0 aliphatic rings. The zero-order chi connectivity index (χ0) is 16.1. The molecule has 1 aromatic carbocycles. The van der Waals surface area contributed by atoms with E-state index in [0.717, 1.165) is 5.56 Å². The van der Waals surface area contributed by atoms with E-state index < -0.39 is 5.97 Å². The van der Waals surface area contributed by atoms with E-state index in [4.69, 9.17) is 16.3 Å². The van der Waals surface area contributed by atoms with Gasteiger partial charge in [0.15, 0.2) is 0 Å². The third-order valence-corrected chi connectivity index (χ3v) is 3.64. The van der Waals surface area contributed by atoms with E-state index in [1.807, 2.05) is 36.5 Å². The van der Waals surface area contributed by atoms with Crippen molar-refractivity contribution < 1.29 is 9.53 Å². The Bertz CT molecular complexity index is 783. The maximum atomic E-state index is 12.0. The van der Waals surface area contributed by atoms with Gasteiger partial charge in [-0.15, -0.1) is 0 Å². The largest absolute Gasteiger partial charge is 0.460 e. The predicted molar refractivity (Wildman–Crippen MR) is 85.3 cm³/mol. The van der Waals surface area contributed by atoms with Crippen LogP contribution in [-0.2, 0) is 17.8 Å². The molecule has 6 nitrogen and oxygen atoms in total. The van der Waals surface area contributed by atoms with E-state index in [0.29, 0.717) is 23.7 Å². The molecule has 0 amide bonds. The number of hydrogen-bond acceptors (Lipinski definition) is 4. The minimum Gasteiger partial charge on any atom is -0.460 e. The lowest BCUT2D eigenvalue weighted by molar-refractivity contribution is 0.0487. The van der Waals surface area contributed by atoms with E-state index in [-0.39, 0.29) is 6.61 Å². The first-order chi connectivity index (χ1) is 11.2. The number of carbonyl (C=O) groups excluding carboxylic acids is 1. The van der Waals surface area contributed by atoms with E-state index >= 15 is 0 Å². The summed E-state index contributed by atoms with van der Waals surface area (Å²) in [5.74, 6) is -0.400. The molecule has 0 atom stereocenters. The first-order valence-corrected chi connectivity index (χ1v) is 7.50. The number of nitrogens with zero attached hydrogens (tertiary/aromatic N) is 4. The summed E-state index contributed by atoms with van der Waals surface area (Å²) in [4.78, 5) is 12.0. The number of carbonyl (C=O) groups is 1. The Morgan fingerprint density at radius 3 is 2.83 bits per heavy atom. The van der Waals surface area contributed by atoms with Crippen molar-refractivity contribution in [2.45, 2.75) is 13.1 Å². The Morgan fingerprint density at radius 2 is 2.04 bits per heavy atom. The second-order valence-electron chi connectivity index (χ2n) is 4.92. The van der Waals surface area contributed by atoms with Crippen LogP contribution >= 0.6 is 11.6 Å². The summed E-state index contributed by atoms with van der Waals surface area (Å²) in [5.41, 5.74) is 1.35. The van der Waals surface area contributed by atoms with Gasteiger partial charge in [-0.3, -0.25) is 9.36 Å². The SMILES string of the molecule is O=C(OCCn1cccn1)c1cnn(Cc2ccccc2Cl)c1. The molecule has 0 saturated heterocycles. The monoisotopic (exact) mass is 330 g/mol. The Morgan fingerprint density at radius 1 is 1.17 bits per heavy atom. The van der Waals surface area contributed by atoms with Crippen molar-refractivity contribution >= 4 is 17.6 Å². The van der Waals surface area contributed by atoms with Crippen molar-refractivity contribution in [1.29, 1.82) is 0 Å². The van der Waals surface area contributed by atoms with Gasteiger partial charge in [-0.1, -0.05) is 29.8 Å². The van der Waals surface area contributed by atoms with Crippen molar-refractivity contribution in [2.75, 3.05) is 6.61 Å². The molecule has 0 spiro atoms. The van der Waals surface area contributed by atoms with Gasteiger partial charge in [-0.2, -0.15) is 10.2 Å². The van der Waals surface area contributed by atoms with Crippen LogP contribution in [0.5, 0.6) is 0 Å². The molecule has 118 valence electrons. The minimum absolute atomic E-state index is 0.260. The average Bonchev–Trinajstić information content (AvgIpc) is 3.21. The fraction of sp³-hybridized carbons (Fsp3) is 0.188. The molecular formula is C16H15ClN4O2. The Balaban J connectivity index is 1.56. The molecule has 0 aliphatic carbocycles. The number of halogens is 1. The van der Waals surface area contributed by atoms with Gasteiger partial charge in [0.25, 0.3) is 0 Å². The molecule has 23 heavy (non-hydrogen) atoms. The lowest BCUT2D eigenvalue weighted by Gasteiger charge is -2.04. The van der Waals surface area contributed by atoms with Crippen LogP contribution in [0.1, 0.15) is 15.9 Å². The highest BCUT2D eigenvalue weighted by atomic mass is 35.5. The zero-order valence-corrected chi connectivity index (χ0v) is 13.1. The van der Waals surface area contributed by atoms with Crippen molar-refractivity contribution in [3.8, 4) is 0 Å². The first-order valence-electron chi connectivity index (χ1n) is 7.13. The summed E-state index contributed by atoms with van der Waals surface area (Å²) in [6, 6.07) is 9.35. The molecule has 0 aliphatic heterocycles. The second-order valence-corrected chi connectivity index (χ2v) is 5.33. The average molecular weight is 331 g/mol. The van der Waals surface area contributed by atoms with Crippen LogP contribution in [0.4, 0.5) is 0 Å². The van der Waals surface area contributed by atoms with Crippen LogP contribution in [0.3, 0.4) is 0 Å². The molecule has 7 heteroatoms. The van der Waals surface area contributed by atoms with Gasteiger partial charge in [0, 0.05) is 23.6 Å². The number of hydrogen-bond donors (Lipinski definition) is 0. The number of benzene rings is 1. The Labute approximate surface area is 138 Å². The Hall–Kier alpha value is -2.60. The molecule has 2 heterocycles. The standard InChI is InChI=1S/C16H15ClN4O2/c17-15-5-2-1-4-13(15)11-21-12-14(10-19-21)16(22)23-9-8-20-7-3-6-18-20/h1-7,10,12H,8-9,11H2. The van der Waals surface area contributed by atoms with E-state index in [2.05, 4.69) is 10.2 Å². The molecule has 3 rings (SSSR count). The fourth-order valence-electron chi connectivity index (χ4n) is 2.10. The van der Waals surface area contributed by atoms with Gasteiger partial charge in [-0.25, -0.2) is 4.79 Å².